The molecule has 0 unspecified atom stereocenters. The summed E-state index contributed by atoms with van der Waals surface area (Å²) in [6.07, 6.45) is 0. The fourth-order valence-corrected chi connectivity index (χ4v) is 7.45. The zero-order valence-corrected chi connectivity index (χ0v) is 25.3. The number of rotatable bonds is 4. The molecular weight excluding hydrogens is 546 g/mol. The van der Waals surface area contributed by atoms with Crippen molar-refractivity contribution in [1.29, 1.82) is 0 Å². The third-order valence-corrected chi connectivity index (χ3v) is 9.63. The number of nitrogens with zero attached hydrogens (tertiary/aromatic N) is 1. The zero-order valence-electron chi connectivity index (χ0n) is 25.3. The Bertz CT molecular complexity index is 2400. The molecule has 0 atom stereocenters. The molecule has 0 amide bonds. The molecule has 0 radical (unpaired) electrons. The second kappa shape index (κ2) is 9.70. The van der Waals surface area contributed by atoms with E-state index in [1.54, 1.807) is 0 Å². The monoisotopic (exact) mass is 577 g/mol. The van der Waals surface area contributed by atoms with E-state index in [0.29, 0.717) is 0 Å². The van der Waals surface area contributed by atoms with Gasteiger partial charge in [0.15, 0.2) is 0 Å². The highest BCUT2D eigenvalue weighted by molar-refractivity contribution is 6.18. The summed E-state index contributed by atoms with van der Waals surface area (Å²) in [5, 5.41) is 4.64. The first-order valence-electron chi connectivity index (χ1n) is 15.6. The molecule has 1 heterocycles. The van der Waals surface area contributed by atoms with Gasteiger partial charge in [-0.2, -0.15) is 0 Å². The van der Waals surface area contributed by atoms with Gasteiger partial charge in [-0.25, -0.2) is 0 Å². The van der Waals surface area contributed by atoms with E-state index in [2.05, 4.69) is 170 Å². The predicted molar refractivity (Wildman–Crippen MR) is 189 cm³/mol. The van der Waals surface area contributed by atoms with Gasteiger partial charge in [0.25, 0.3) is 0 Å². The van der Waals surface area contributed by atoms with Gasteiger partial charge < -0.3 is 9.32 Å². The molecule has 45 heavy (non-hydrogen) atoms. The number of anilines is 3. The van der Waals surface area contributed by atoms with Gasteiger partial charge in [-0.3, -0.25) is 0 Å². The lowest BCUT2D eigenvalue weighted by molar-refractivity contribution is 0.660. The number of hydrogen-bond donors (Lipinski definition) is 0. The van der Waals surface area contributed by atoms with E-state index in [0.717, 1.165) is 50.1 Å². The maximum absolute atomic E-state index is 6.70. The van der Waals surface area contributed by atoms with Crippen molar-refractivity contribution < 1.29 is 4.42 Å². The first-order chi connectivity index (χ1) is 22.1. The zero-order chi connectivity index (χ0) is 30.1. The summed E-state index contributed by atoms with van der Waals surface area (Å²) in [6, 6.07) is 54.6. The van der Waals surface area contributed by atoms with E-state index < -0.39 is 0 Å². The molecule has 7 aromatic carbocycles. The average molecular weight is 578 g/mol. The van der Waals surface area contributed by atoms with Crippen LogP contribution in [0, 0.1) is 0 Å². The summed E-state index contributed by atoms with van der Waals surface area (Å²) in [5.41, 5.74) is 12.8. The van der Waals surface area contributed by atoms with Crippen LogP contribution in [0.3, 0.4) is 0 Å². The number of furan rings is 1. The Morgan fingerprint density at radius 2 is 1.16 bits per heavy atom. The smallest absolute Gasteiger partial charge is 0.143 e. The summed E-state index contributed by atoms with van der Waals surface area (Å²) in [5.74, 6) is 0. The van der Waals surface area contributed by atoms with Crippen LogP contribution in [-0.4, -0.2) is 0 Å². The minimum Gasteiger partial charge on any atom is -0.455 e. The quantitative estimate of drug-likeness (QED) is 0.207. The first-order valence-corrected chi connectivity index (χ1v) is 15.6. The van der Waals surface area contributed by atoms with Crippen LogP contribution in [0.25, 0.3) is 55.0 Å². The molecule has 8 aromatic rings. The number of hydrogen-bond acceptors (Lipinski definition) is 2. The molecule has 2 heteroatoms. The van der Waals surface area contributed by atoms with Gasteiger partial charge in [0.2, 0.25) is 0 Å². The van der Waals surface area contributed by atoms with Crippen LogP contribution in [0.1, 0.15) is 25.0 Å². The maximum Gasteiger partial charge on any atom is 0.143 e. The standard InChI is InChI=1S/C43H31NO/c1-43(2)38-20-12-11-19-34(38)35-23-21-32(27-39(35)43)44(30-16-7-4-8-17-30)31-22-24-40-36(26-31)37-25-29-15-9-10-18-33(29)41(42(37)45-40)28-13-5-3-6-14-28/h3-27H,1-2H3. The molecule has 0 saturated carbocycles. The highest BCUT2D eigenvalue weighted by atomic mass is 16.3. The van der Waals surface area contributed by atoms with Gasteiger partial charge in [0.05, 0.1) is 0 Å². The third-order valence-electron chi connectivity index (χ3n) is 9.63. The second-order valence-electron chi connectivity index (χ2n) is 12.6. The van der Waals surface area contributed by atoms with Gasteiger partial charge in [0.1, 0.15) is 11.2 Å². The molecule has 0 saturated heterocycles. The Morgan fingerprint density at radius 1 is 0.489 bits per heavy atom. The van der Waals surface area contributed by atoms with Crippen molar-refractivity contribution in [2.24, 2.45) is 0 Å². The second-order valence-corrected chi connectivity index (χ2v) is 12.6. The van der Waals surface area contributed by atoms with Crippen molar-refractivity contribution in [3.05, 3.63) is 163 Å². The van der Waals surface area contributed by atoms with Gasteiger partial charge in [-0.1, -0.05) is 117 Å². The van der Waals surface area contributed by atoms with Crippen molar-refractivity contribution in [2.75, 3.05) is 4.90 Å². The Hall–Kier alpha value is -5.60. The van der Waals surface area contributed by atoms with Crippen LogP contribution >= 0.6 is 0 Å². The average Bonchev–Trinajstić information content (AvgIpc) is 3.56. The molecule has 0 spiro atoms. The fraction of sp³-hybridized carbons (Fsp3) is 0.0698. The summed E-state index contributed by atoms with van der Waals surface area (Å²) in [6.45, 7) is 4.68. The molecule has 0 aliphatic heterocycles. The lowest BCUT2D eigenvalue weighted by Crippen LogP contribution is -2.16. The fourth-order valence-electron chi connectivity index (χ4n) is 7.45. The van der Waals surface area contributed by atoms with E-state index in [9.17, 15) is 0 Å². The number of fused-ring (bicyclic) bond motifs is 7. The molecule has 0 N–H and O–H groups in total. The van der Waals surface area contributed by atoms with Crippen molar-refractivity contribution >= 4 is 49.8 Å². The predicted octanol–water partition coefficient (Wildman–Crippen LogP) is 12.2. The Labute approximate surface area is 262 Å². The van der Waals surface area contributed by atoms with Crippen molar-refractivity contribution in [3.8, 4) is 22.3 Å². The van der Waals surface area contributed by atoms with Gasteiger partial charge in [-0.05, 0) is 87.1 Å². The molecule has 1 aliphatic rings. The van der Waals surface area contributed by atoms with Crippen LogP contribution in [0.2, 0.25) is 0 Å². The van der Waals surface area contributed by atoms with E-state index in [4.69, 9.17) is 4.42 Å². The molecule has 0 fully saturated rings. The topological polar surface area (TPSA) is 16.4 Å². The van der Waals surface area contributed by atoms with Gasteiger partial charge >= 0.3 is 0 Å². The van der Waals surface area contributed by atoms with E-state index in [-0.39, 0.29) is 5.41 Å². The minimum absolute atomic E-state index is 0.0795. The summed E-state index contributed by atoms with van der Waals surface area (Å²) < 4.78 is 6.70. The van der Waals surface area contributed by atoms with Crippen LogP contribution in [0.4, 0.5) is 17.1 Å². The molecular formula is C43H31NO. The molecule has 0 bridgehead atoms. The van der Waals surface area contributed by atoms with Crippen LogP contribution in [0.15, 0.2) is 156 Å². The molecule has 1 aliphatic carbocycles. The Balaban J connectivity index is 1.27. The third kappa shape index (κ3) is 3.89. The van der Waals surface area contributed by atoms with Crippen molar-refractivity contribution in [3.63, 3.8) is 0 Å². The Morgan fingerprint density at radius 3 is 2.00 bits per heavy atom. The van der Waals surface area contributed by atoms with Crippen molar-refractivity contribution in [2.45, 2.75) is 19.3 Å². The summed E-state index contributed by atoms with van der Waals surface area (Å²) in [4.78, 5) is 2.37. The Kier molecular flexibility index (Phi) is 5.58. The number of para-hydroxylation sites is 1. The SMILES string of the molecule is CC1(C)c2ccccc2-c2ccc(N(c3ccccc3)c3ccc4oc5c(-c6ccccc6)c6ccccc6cc5c4c3)cc21. The van der Waals surface area contributed by atoms with Crippen LogP contribution in [0.5, 0.6) is 0 Å². The molecule has 2 nitrogen and oxygen atoms in total. The highest BCUT2D eigenvalue weighted by Crippen LogP contribution is 2.51. The van der Waals surface area contributed by atoms with E-state index in [1.165, 1.54) is 33.0 Å². The molecule has 1 aromatic heterocycles. The minimum atomic E-state index is -0.0795. The van der Waals surface area contributed by atoms with Crippen molar-refractivity contribution in [1.82, 2.24) is 0 Å². The maximum atomic E-state index is 6.70. The number of benzene rings is 7. The lowest BCUT2D eigenvalue weighted by Gasteiger charge is -2.28. The van der Waals surface area contributed by atoms with Crippen LogP contribution in [-0.2, 0) is 5.41 Å². The lowest BCUT2D eigenvalue weighted by atomic mass is 9.82. The van der Waals surface area contributed by atoms with E-state index in [1.807, 2.05) is 0 Å². The van der Waals surface area contributed by atoms with Gasteiger partial charge in [0, 0.05) is 38.8 Å². The van der Waals surface area contributed by atoms with Crippen LogP contribution < -0.4 is 4.90 Å². The normalized spacial score (nSPS) is 13.3. The largest absolute Gasteiger partial charge is 0.455 e. The van der Waals surface area contributed by atoms with Gasteiger partial charge in [-0.15, -0.1) is 0 Å². The first kappa shape index (κ1) is 25.9. The van der Waals surface area contributed by atoms with E-state index >= 15 is 0 Å². The highest BCUT2D eigenvalue weighted by Gasteiger charge is 2.35. The summed E-state index contributed by atoms with van der Waals surface area (Å²) in [7, 11) is 0. The molecule has 9 rings (SSSR count). The summed E-state index contributed by atoms with van der Waals surface area (Å²) >= 11 is 0. The molecule has 214 valence electrons.